The van der Waals surface area contributed by atoms with Crippen molar-refractivity contribution in [2.45, 2.75) is 6.92 Å². The molecule has 0 aliphatic rings. The molecule has 0 bridgehead atoms. The van der Waals surface area contributed by atoms with Crippen LogP contribution in [0.5, 0.6) is 17.2 Å². The first-order valence-electron chi connectivity index (χ1n) is 7.47. The number of rotatable bonds is 7. The Morgan fingerprint density at radius 2 is 1.76 bits per heavy atom. The van der Waals surface area contributed by atoms with Crippen molar-refractivity contribution in [2.24, 2.45) is 5.10 Å². The van der Waals surface area contributed by atoms with Gasteiger partial charge in [0.15, 0.2) is 6.61 Å². The smallest absolute Gasteiger partial charge is 0.277 e. The summed E-state index contributed by atoms with van der Waals surface area (Å²) in [5.41, 5.74) is 3.84. The normalized spacial score (nSPS) is 11.0. The fourth-order valence-electron chi connectivity index (χ4n) is 2.02. The zero-order chi connectivity index (χ0) is 18.2. The van der Waals surface area contributed by atoms with Crippen molar-refractivity contribution in [1.82, 2.24) is 5.43 Å². The lowest BCUT2D eigenvalue weighted by molar-refractivity contribution is -0.123. The van der Waals surface area contributed by atoms with Crippen molar-refractivity contribution in [3.05, 3.63) is 52.5 Å². The summed E-state index contributed by atoms with van der Waals surface area (Å²) in [7, 11) is 3.15. The molecule has 0 aromatic heterocycles. The van der Waals surface area contributed by atoms with Crippen LogP contribution in [0.3, 0.4) is 0 Å². The van der Waals surface area contributed by atoms with Gasteiger partial charge in [-0.3, -0.25) is 4.79 Å². The van der Waals surface area contributed by atoms with Crippen LogP contribution in [0.25, 0.3) is 0 Å². The molecule has 0 saturated carbocycles. The van der Waals surface area contributed by atoms with Crippen molar-refractivity contribution in [2.75, 3.05) is 20.8 Å². The third-order valence-corrected chi connectivity index (χ3v) is 3.86. The number of benzene rings is 2. The van der Waals surface area contributed by atoms with E-state index in [-0.39, 0.29) is 12.5 Å². The van der Waals surface area contributed by atoms with Gasteiger partial charge in [-0.05, 0) is 43.3 Å². The molecule has 0 aliphatic heterocycles. The molecule has 25 heavy (non-hydrogen) atoms. The van der Waals surface area contributed by atoms with Crippen molar-refractivity contribution < 1.29 is 19.0 Å². The zero-order valence-corrected chi connectivity index (χ0v) is 15.8. The molecule has 0 radical (unpaired) electrons. The first-order chi connectivity index (χ1) is 12.0. The van der Waals surface area contributed by atoms with Crippen molar-refractivity contribution in [1.29, 1.82) is 0 Å². The van der Waals surface area contributed by atoms with Crippen LogP contribution < -0.4 is 19.6 Å². The third-order valence-electron chi connectivity index (χ3n) is 3.33. The van der Waals surface area contributed by atoms with Gasteiger partial charge in [-0.2, -0.15) is 5.10 Å². The van der Waals surface area contributed by atoms with Crippen molar-refractivity contribution >= 4 is 27.5 Å². The SMILES string of the molecule is COc1ccc(/C(C)=N\NC(=O)COc2ccc(Br)cc2)c(OC)c1. The predicted octanol–water partition coefficient (Wildman–Crippen LogP) is 3.39. The van der Waals surface area contributed by atoms with Crippen LogP contribution in [-0.2, 0) is 4.79 Å². The van der Waals surface area contributed by atoms with E-state index >= 15 is 0 Å². The van der Waals surface area contributed by atoms with Gasteiger partial charge in [-0.25, -0.2) is 5.43 Å². The van der Waals surface area contributed by atoms with E-state index in [0.717, 1.165) is 10.0 Å². The molecular formula is C18H19BrN2O4. The molecule has 1 N–H and O–H groups in total. The molecule has 2 aromatic rings. The van der Waals surface area contributed by atoms with E-state index in [2.05, 4.69) is 26.5 Å². The molecule has 0 fully saturated rings. The summed E-state index contributed by atoms with van der Waals surface area (Å²) in [5.74, 6) is 1.55. The maximum absolute atomic E-state index is 11.9. The number of amides is 1. The number of methoxy groups -OCH3 is 2. The molecule has 0 unspecified atom stereocenters. The highest BCUT2D eigenvalue weighted by molar-refractivity contribution is 9.10. The Bertz CT molecular complexity index is 760. The second-order valence-electron chi connectivity index (χ2n) is 5.04. The van der Waals surface area contributed by atoms with Gasteiger partial charge in [0.2, 0.25) is 0 Å². The molecule has 2 rings (SSSR count). The van der Waals surface area contributed by atoms with Crippen LogP contribution in [0.2, 0.25) is 0 Å². The van der Waals surface area contributed by atoms with Crippen molar-refractivity contribution in [3.8, 4) is 17.2 Å². The summed E-state index contributed by atoms with van der Waals surface area (Å²) in [5, 5.41) is 4.09. The largest absolute Gasteiger partial charge is 0.497 e. The standard InChI is InChI=1S/C18H19BrN2O4/c1-12(16-9-8-15(23-2)10-17(16)24-3)20-21-18(22)11-25-14-6-4-13(19)5-7-14/h4-10H,11H2,1-3H3,(H,21,22)/b20-12-. The van der Waals surface area contributed by atoms with E-state index in [0.29, 0.717) is 23.0 Å². The first kappa shape index (κ1) is 18.8. The number of carbonyl (C=O) groups excluding carboxylic acids is 1. The predicted molar refractivity (Wildman–Crippen MR) is 99.5 cm³/mol. The Kier molecular flexibility index (Phi) is 6.82. The summed E-state index contributed by atoms with van der Waals surface area (Å²) >= 11 is 3.34. The van der Waals surface area contributed by atoms with Gasteiger partial charge >= 0.3 is 0 Å². The number of hydrogen-bond acceptors (Lipinski definition) is 5. The van der Waals surface area contributed by atoms with Gasteiger partial charge in [0.25, 0.3) is 5.91 Å². The van der Waals surface area contributed by atoms with Crippen LogP contribution in [0.15, 0.2) is 52.0 Å². The van der Waals surface area contributed by atoms with Gasteiger partial charge in [0.1, 0.15) is 17.2 Å². The van der Waals surface area contributed by atoms with Gasteiger partial charge in [0.05, 0.1) is 19.9 Å². The van der Waals surface area contributed by atoms with E-state index in [9.17, 15) is 4.79 Å². The summed E-state index contributed by atoms with van der Waals surface area (Å²) in [4.78, 5) is 11.9. The third kappa shape index (κ3) is 5.49. The van der Waals surface area contributed by atoms with Gasteiger partial charge in [-0.1, -0.05) is 15.9 Å². The maximum atomic E-state index is 11.9. The number of nitrogens with zero attached hydrogens (tertiary/aromatic N) is 1. The lowest BCUT2D eigenvalue weighted by atomic mass is 10.1. The average molecular weight is 407 g/mol. The quantitative estimate of drug-likeness (QED) is 0.565. The minimum Gasteiger partial charge on any atom is -0.497 e. The Labute approximate surface area is 154 Å². The van der Waals surface area contributed by atoms with Crippen molar-refractivity contribution in [3.63, 3.8) is 0 Å². The molecule has 1 amide bonds. The van der Waals surface area contributed by atoms with Crippen LogP contribution >= 0.6 is 15.9 Å². The number of halogens is 1. The molecule has 0 atom stereocenters. The van der Waals surface area contributed by atoms with E-state index < -0.39 is 0 Å². The lowest BCUT2D eigenvalue weighted by Crippen LogP contribution is -2.25. The van der Waals surface area contributed by atoms with Gasteiger partial charge in [-0.15, -0.1) is 0 Å². The van der Waals surface area contributed by atoms with E-state index in [1.807, 2.05) is 18.2 Å². The molecule has 0 heterocycles. The second-order valence-corrected chi connectivity index (χ2v) is 5.96. The van der Waals surface area contributed by atoms with Crippen LogP contribution in [0.1, 0.15) is 12.5 Å². The number of ether oxygens (including phenoxy) is 3. The highest BCUT2D eigenvalue weighted by atomic mass is 79.9. The minimum absolute atomic E-state index is 0.127. The lowest BCUT2D eigenvalue weighted by Gasteiger charge is -2.10. The molecule has 0 saturated heterocycles. The average Bonchev–Trinajstić information content (AvgIpc) is 2.65. The molecule has 2 aromatic carbocycles. The van der Waals surface area contributed by atoms with Gasteiger partial charge in [0, 0.05) is 16.1 Å². The van der Waals surface area contributed by atoms with Gasteiger partial charge < -0.3 is 14.2 Å². The Morgan fingerprint density at radius 3 is 2.40 bits per heavy atom. The fraction of sp³-hybridized carbons (Fsp3) is 0.222. The summed E-state index contributed by atoms with van der Waals surface area (Å²) < 4.78 is 16.8. The van der Waals surface area contributed by atoms with Crippen LogP contribution in [-0.4, -0.2) is 32.4 Å². The van der Waals surface area contributed by atoms with Crippen LogP contribution in [0.4, 0.5) is 0 Å². The Morgan fingerprint density at radius 1 is 1.08 bits per heavy atom. The maximum Gasteiger partial charge on any atom is 0.277 e. The number of nitrogens with one attached hydrogen (secondary N) is 1. The first-order valence-corrected chi connectivity index (χ1v) is 8.26. The van der Waals surface area contributed by atoms with E-state index in [1.54, 1.807) is 45.4 Å². The molecule has 7 heteroatoms. The highest BCUT2D eigenvalue weighted by Gasteiger charge is 2.09. The number of hydrogen-bond donors (Lipinski definition) is 1. The molecule has 0 aliphatic carbocycles. The number of carbonyl (C=O) groups is 1. The molecule has 6 nitrogen and oxygen atoms in total. The second kappa shape index (κ2) is 9.08. The molecule has 132 valence electrons. The minimum atomic E-state index is -0.352. The Balaban J connectivity index is 1.96. The molecule has 0 spiro atoms. The number of hydrazone groups is 1. The Hall–Kier alpha value is -2.54. The highest BCUT2D eigenvalue weighted by Crippen LogP contribution is 2.25. The van der Waals surface area contributed by atoms with E-state index in [1.165, 1.54) is 0 Å². The monoisotopic (exact) mass is 406 g/mol. The zero-order valence-electron chi connectivity index (χ0n) is 14.2. The summed E-state index contributed by atoms with van der Waals surface area (Å²) in [6.45, 7) is 1.65. The topological polar surface area (TPSA) is 69.2 Å². The summed E-state index contributed by atoms with van der Waals surface area (Å²) in [6, 6.07) is 12.6. The molecular weight excluding hydrogens is 388 g/mol. The van der Waals surface area contributed by atoms with Crippen LogP contribution in [0, 0.1) is 0 Å². The van der Waals surface area contributed by atoms with E-state index in [4.69, 9.17) is 14.2 Å². The fourth-order valence-corrected chi connectivity index (χ4v) is 2.28. The summed E-state index contributed by atoms with van der Waals surface area (Å²) in [6.07, 6.45) is 0.